The largest absolute Gasteiger partial charge is 0.372 e. The van der Waals surface area contributed by atoms with Crippen molar-refractivity contribution >= 4 is 0 Å². The molecule has 0 radical (unpaired) electrons. The number of hydrogen-bond acceptors (Lipinski definition) is 2. The molecular weight excluding hydrogens is 220 g/mol. The third kappa shape index (κ3) is 4.16. The highest BCUT2D eigenvalue weighted by Gasteiger charge is 2.23. The van der Waals surface area contributed by atoms with Crippen molar-refractivity contribution in [1.29, 1.82) is 0 Å². The molecule has 1 saturated heterocycles. The number of nitrogens with zero attached hydrogens (tertiary/aromatic N) is 2. The maximum Gasteiger partial charge on any atom is 0.0311 e. The molecule has 0 aromatic heterocycles. The van der Waals surface area contributed by atoms with Gasteiger partial charge in [-0.2, -0.15) is 0 Å². The lowest BCUT2D eigenvalue weighted by atomic mass is 10.00. The van der Waals surface area contributed by atoms with Gasteiger partial charge in [0.2, 0.25) is 0 Å². The summed E-state index contributed by atoms with van der Waals surface area (Å²) < 4.78 is 0. The molecule has 0 aromatic rings. The Kier molecular flexibility index (Phi) is 5.94. The number of piperidine rings is 1. The molecule has 0 atom stereocenters. The summed E-state index contributed by atoms with van der Waals surface area (Å²) in [6, 6.07) is 1.25. The van der Waals surface area contributed by atoms with Crippen LogP contribution in [-0.2, 0) is 0 Å². The molecule has 1 aliphatic rings. The minimum atomic E-state index is 0.551. The Morgan fingerprint density at radius 1 is 1.22 bits per heavy atom. The molecule has 1 fully saturated rings. The summed E-state index contributed by atoms with van der Waals surface area (Å²) in [6.07, 6.45) is 6.90. The Morgan fingerprint density at radius 3 is 2.17 bits per heavy atom. The lowest BCUT2D eigenvalue weighted by Crippen LogP contribution is -2.44. The van der Waals surface area contributed by atoms with Crippen LogP contribution in [0.15, 0.2) is 24.4 Å². The molecule has 1 aliphatic heterocycles. The molecular formula is C16H30N2. The zero-order chi connectivity index (χ0) is 13.7. The standard InChI is InChI=1S/C16H30N2/c1-7-15(13(2)3)12-18(14(4)5)16-8-10-17(6)11-9-16/h7,12-14,16H,1,8-11H2,2-6H3/b15-12+. The quantitative estimate of drug-likeness (QED) is 0.689. The first-order valence-electron chi connectivity index (χ1n) is 7.25. The van der Waals surface area contributed by atoms with E-state index in [0.29, 0.717) is 18.0 Å². The zero-order valence-corrected chi connectivity index (χ0v) is 12.8. The Bertz CT molecular complexity index is 283. The molecule has 0 aromatic carbocycles. The van der Waals surface area contributed by atoms with Gasteiger partial charge in [0.1, 0.15) is 0 Å². The van der Waals surface area contributed by atoms with Crippen molar-refractivity contribution in [1.82, 2.24) is 9.80 Å². The van der Waals surface area contributed by atoms with Gasteiger partial charge in [0.15, 0.2) is 0 Å². The second-order valence-corrected chi connectivity index (χ2v) is 6.06. The fraction of sp³-hybridized carbons (Fsp3) is 0.750. The predicted octanol–water partition coefficient (Wildman–Crippen LogP) is 3.52. The van der Waals surface area contributed by atoms with E-state index in [2.05, 4.69) is 57.3 Å². The van der Waals surface area contributed by atoms with Gasteiger partial charge in [-0.05, 0) is 58.3 Å². The maximum atomic E-state index is 3.95. The van der Waals surface area contributed by atoms with Crippen LogP contribution in [0.5, 0.6) is 0 Å². The van der Waals surface area contributed by atoms with Gasteiger partial charge >= 0.3 is 0 Å². The van der Waals surface area contributed by atoms with Crippen molar-refractivity contribution in [3.63, 3.8) is 0 Å². The van der Waals surface area contributed by atoms with E-state index in [1.807, 2.05) is 6.08 Å². The number of hydrogen-bond donors (Lipinski definition) is 0. The molecule has 0 aliphatic carbocycles. The normalized spacial score (nSPS) is 19.6. The topological polar surface area (TPSA) is 6.48 Å². The minimum Gasteiger partial charge on any atom is -0.372 e. The zero-order valence-electron chi connectivity index (χ0n) is 12.8. The van der Waals surface area contributed by atoms with Crippen LogP contribution in [0.2, 0.25) is 0 Å². The van der Waals surface area contributed by atoms with Gasteiger partial charge in [-0.3, -0.25) is 0 Å². The summed E-state index contributed by atoms with van der Waals surface area (Å²) in [4.78, 5) is 4.97. The van der Waals surface area contributed by atoms with Crippen molar-refractivity contribution in [2.75, 3.05) is 20.1 Å². The van der Waals surface area contributed by atoms with Crippen molar-refractivity contribution in [3.8, 4) is 0 Å². The molecule has 0 amide bonds. The molecule has 1 heterocycles. The molecule has 2 heteroatoms. The van der Waals surface area contributed by atoms with E-state index >= 15 is 0 Å². The molecule has 2 nitrogen and oxygen atoms in total. The smallest absolute Gasteiger partial charge is 0.0311 e. The number of allylic oxidation sites excluding steroid dienone is 2. The second-order valence-electron chi connectivity index (χ2n) is 6.06. The average molecular weight is 250 g/mol. The van der Waals surface area contributed by atoms with E-state index < -0.39 is 0 Å². The van der Waals surface area contributed by atoms with Crippen molar-refractivity contribution in [3.05, 3.63) is 24.4 Å². The van der Waals surface area contributed by atoms with Gasteiger partial charge < -0.3 is 9.80 Å². The monoisotopic (exact) mass is 250 g/mol. The molecule has 0 saturated carbocycles. The fourth-order valence-corrected chi connectivity index (χ4v) is 2.58. The van der Waals surface area contributed by atoms with Crippen LogP contribution in [0.4, 0.5) is 0 Å². The first kappa shape index (κ1) is 15.3. The van der Waals surface area contributed by atoms with E-state index in [4.69, 9.17) is 0 Å². The van der Waals surface area contributed by atoms with Gasteiger partial charge in [-0.1, -0.05) is 26.5 Å². The highest BCUT2D eigenvalue weighted by Crippen LogP contribution is 2.21. The van der Waals surface area contributed by atoms with E-state index in [-0.39, 0.29) is 0 Å². The van der Waals surface area contributed by atoms with Crippen LogP contribution in [0, 0.1) is 5.92 Å². The van der Waals surface area contributed by atoms with Crippen molar-refractivity contribution in [2.24, 2.45) is 5.92 Å². The number of likely N-dealkylation sites (tertiary alicyclic amines) is 1. The van der Waals surface area contributed by atoms with Crippen LogP contribution in [0.25, 0.3) is 0 Å². The molecule has 0 N–H and O–H groups in total. The summed E-state index contributed by atoms with van der Waals surface area (Å²) >= 11 is 0. The highest BCUT2D eigenvalue weighted by atomic mass is 15.2. The molecule has 0 unspecified atom stereocenters. The van der Waals surface area contributed by atoms with E-state index in [9.17, 15) is 0 Å². The lowest BCUT2D eigenvalue weighted by molar-refractivity contribution is 0.137. The van der Waals surface area contributed by atoms with Gasteiger partial charge in [0, 0.05) is 18.3 Å². The van der Waals surface area contributed by atoms with E-state index in [1.54, 1.807) is 0 Å². The van der Waals surface area contributed by atoms with Gasteiger partial charge in [0.05, 0.1) is 0 Å². The Morgan fingerprint density at radius 2 is 1.78 bits per heavy atom. The Balaban J connectivity index is 2.79. The van der Waals surface area contributed by atoms with Crippen LogP contribution in [0.1, 0.15) is 40.5 Å². The molecule has 0 spiro atoms. The first-order valence-corrected chi connectivity index (χ1v) is 7.25. The summed E-state index contributed by atoms with van der Waals surface area (Å²) in [5.74, 6) is 0.551. The van der Waals surface area contributed by atoms with E-state index in [0.717, 1.165) is 0 Å². The van der Waals surface area contributed by atoms with E-state index in [1.165, 1.54) is 31.5 Å². The number of rotatable bonds is 5. The average Bonchev–Trinajstić information content (AvgIpc) is 2.31. The molecule has 0 bridgehead atoms. The van der Waals surface area contributed by atoms with Crippen LogP contribution in [-0.4, -0.2) is 42.0 Å². The predicted molar refractivity (Wildman–Crippen MR) is 80.6 cm³/mol. The second kappa shape index (κ2) is 6.98. The highest BCUT2D eigenvalue weighted by molar-refractivity contribution is 5.18. The Labute approximate surface area is 113 Å². The maximum absolute atomic E-state index is 3.95. The van der Waals surface area contributed by atoms with Gasteiger partial charge in [-0.25, -0.2) is 0 Å². The molecule has 1 rings (SSSR count). The summed E-state index contributed by atoms with van der Waals surface area (Å²) in [6.45, 7) is 15.4. The van der Waals surface area contributed by atoms with Crippen LogP contribution < -0.4 is 0 Å². The minimum absolute atomic E-state index is 0.551. The summed E-state index contributed by atoms with van der Waals surface area (Å²) in [5, 5.41) is 0. The van der Waals surface area contributed by atoms with Gasteiger partial charge in [0.25, 0.3) is 0 Å². The van der Waals surface area contributed by atoms with Crippen molar-refractivity contribution < 1.29 is 0 Å². The third-order valence-electron chi connectivity index (χ3n) is 3.91. The summed E-state index contributed by atoms with van der Waals surface area (Å²) in [7, 11) is 2.22. The van der Waals surface area contributed by atoms with Crippen molar-refractivity contribution in [2.45, 2.75) is 52.6 Å². The fourth-order valence-electron chi connectivity index (χ4n) is 2.58. The van der Waals surface area contributed by atoms with Crippen LogP contribution in [0.3, 0.4) is 0 Å². The lowest BCUT2D eigenvalue weighted by Gasteiger charge is -2.39. The van der Waals surface area contributed by atoms with Crippen LogP contribution >= 0.6 is 0 Å². The summed E-state index contributed by atoms with van der Waals surface area (Å²) in [5.41, 5.74) is 1.35. The molecule has 18 heavy (non-hydrogen) atoms. The Hall–Kier alpha value is -0.760. The first-order chi connectivity index (χ1) is 8.45. The molecule has 104 valence electrons. The van der Waals surface area contributed by atoms with Gasteiger partial charge in [-0.15, -0.1) is 0 Å². The SMILES string of the molecule is C=C/C(=C\N(C(C)C)C1CCN(C)CC1)C(C)C. The third-order valence-corrected chi connectivity index (χ3v) is 3.91.